The molecule has 8 nitrogen and oxygen atoms in total. The molecule has 1 fully saturated rings. The molecule has 0 radical (unpaired) electrons. The monoisotopic (exact) mass is 360 g/mol. The van der Waals surface area contributed by atoms with Crippen molar-refractivity contribution in [1.82, 2.24) is 5.48 Å². The van der Waals surface area contributed by atoms with Crippen molar-refractivity contribution >= 4 is 23.0 Å². The van der Waals surface area contributed by atoms with Crippen LogP contribution in [0.2, 0.25) is 0 Å². The smallest absolute Gasteiger partial charge is 0.293 e. The van der Waals surface area contributed by atoms with Crippen LogP contribution >= 0.6 is 0 Å². The summed E-state index contributed by atoms with van der Waals surface area (Å²) in [5, 5.41) is 20.1. The van der Waals surface area contributed by atoms with Gasteiger partial charge >= 0.3 is 0 Å². The average Bonchev–Trinajstić information content (AvgIpc) is 2.67. The number of nitro groups is 1. The van der Waals surface area contributed by atoms with E-state index in [0.717, 1.165) is 6.07 Å². The zero-order chi connectivity index (χ0) is 18.7. The molecule has 2 aromatic carbocycles. The van der Waals surface area contributed by atoms with Crippen molar-refractivity contribution in [3.05, 3.63) is 64.0 Å². The number of nitrogens with one attached hydrogen (secondary N) is 1. The second-order valence-corrected chi connectivity index (χ2v) is 5.83. The van der Waals surface area contributed by atoms with Gasteiger partial charge in [0.1, 0.15) is 11.5 Å². The van der Waals surface area contributed by atoms with Gasteiger partial charge in [0.25, 0.3) is 11.6 Å². The number of rotatable bonds is 4. The Bertz CT molecular complexity index is 837. The number of hydrogen-bond donors (Lipinski definition) is 2. The molecule has 1 amide bonds. The number of benzene rings is 2. The number of nitro benzene ring substituents is 1. The minimum atomic E-state index is -0.816. The van der Waals surface area contributed by atoms with E-state index >= 15 is 0 Å². The van der Waals surface area contributed by atoms with Crippen LogP contribution in [-0.2, 0) is 0 Å². The Hall–Kier alpha value is -3.20. The third-order valence-electron chi connectivity index (χ3n) is 4.35. The van der Waals surface area contributed by atoms with Crippen molar-refractivity contribution in [3.63, 3.8) is 0 Å². The number of halogens is 1. The number of hydrogen-bond acceptors (Lipinski definition) is 6. The normalized spacial score (nSPS) is 14.2. The topological polar surface area (TPSA) is 99.0 Å². The number of amides is 1. The first-order chi connectivity index (χ1) is 12.5. The fourth-order valence-corrected chi connectivity index (χ4v) is 3.04. The van der Waals surface area contributed by atoms with E-state index in [1.807, 2.05) is 9.80 Å². The van der Waals surface area contributed by atoms with Crippen LogP contribution in [0.15, 0.2) is 42.5 Å². The van der Waals surface area contributed by atoms with Crippen molar-refractivity contribution in [2.24, 2.45) is 0 Å². The summed E-state index contributed by atoms with van der Waals surface area (Å²) in [5.41, 5.74) is 2.13. The maximum atomic E-state index is 13.9. The van der Waals surface area contributed by atoms with Crippen molar-refractivity contribution in [1.29, 1.82) is 0 Å². The van der Waals surface area contributed by atoms with Crippen LogP contribution < -0.4 is 15.3 Å². The van der Waals surface area contributed by atoms with Crippen molar-refractivity contribution < 1.29 is 19.3 Å². The van der Waals surface area contributed by atoms with E-state index in [0.29, 0.717) is 37.6 Å². The van der Waals surface area contributed by atoms with Gasteiger partial charge in [0.05, 0.1) is 10.6 Å². The molecule has 1 aliphatic rings. The van der Waals surface area contributed by atoms with Gasteiger partial charge in [-0.25, -0.2) is 9.87 Å². The summed E-state index contributed by atoms with van der Waals surface area (Å²) in [6.07, 6.45) is 0. The summed E-state index contributed by atoms with van der Waals surface area (Å²) >= 11 is 0. The minimum absolute atomic E-state index is 0.00653. The second kappa shape index (κ2) is 7.36. The molecule has 1 saturated heterocycles. The van der Waals surface area contributed by atoms with E-state index < -0.39 is 10.8 Å². The Kier molecular flexibility index (Phi) is 4.99. The number of carbonyl (C=O) groups is 1. The third kappa shape index (κ3) is 3.42. The molecule has 1 heterocycles. The number of carbonyl (C=O) groups excluding carboxylic acids is 1. The minimum Gasteiger partial charge on any atom is -0.366 e. The van der Waals surface area contributed by atoms with E-state index in [4.69, 9.17) is 5.21 Å². The molecule has 3 rings (SSSR count). The second-order valence-electron chi connectivity index (χ2n) is 5.83. The van der Waals surface area contributed by atoms with Crippen LogP contribution in [-0.4, -0.2) is 42.2 Å². The molecular formula is C17H17FN4O4. The lowest BCUT2D eigenvalue weighted by Crippen LogP contribution is -2.47. The molecular weight excluding hydrogens is 343 g/mol. The van der Waals surface area contributed by atoms with E-state index in [9.17, 15) is 19.3 Å². The van der Waals surface area contributed by atoms with Crippen LogP contribution in [0.3, 0.4) is 0 Å². The SMILES string of the molecule is O=C(NO)c1ccc(N2CCN(c3ccccc3F)CC2)c([N+](=O)[O-])c1. The van der Waals surface area contributed by atoms with E-state index in [2.05, 4.69) is 0 Å². The highest BCUT2D eigenvalue weighted by Gasteiger charge is 2.26. The largest absolute Gasteiger partial charge is 0.366 e. The van der Waals surface area contributed by atoms with Crippen LogP contribution in [0.25, 0.3) is 0 Å². The zero-order valence-electron chi connectivity index (χ0n) is 13.8. The van der Waals surface area contributed by atoms with E-state index in [-0.39, 0.29) is 17.1 Å². The average molecular weight is 360 g/mol. The highest BCUT2D eigenvalue weighted by atomic mass is 19.1. The lowest BCUT2D eigenvalue weighted by atomic mass is 10.1. The first-order valence-corrected chi connectivity index (χ1v) is 7.98. The van der Waals surface area contributed by atoms with Gasteiger partial charge in [-0.1, -0.05) is 12.1 Å². The zero-order valence-corrected chi connectivity index (χ0v) is 13.8. The Balaban J connectivity index is 1.80. The molecule has 0 aromatic heterocycles. The maximum Gasteiger partial charge on any atom is 0.293 e. The van der Waals surface area contributed by atoms with Crippen molar-refractivity contribution in [3.8, 4) is 0 Å². The quantitative estimate of drug-likeness (QED) is 0.493. The summed E-state index contributed by atoms with van der Waals surface area (Å²) < 4.78 is 13.9. The molecule has 2 aromatic rings. The number of nitrogens with zero attached hydrogens (tertiary/aromatic N) is 3. The van der Waals surface area contributed by atoms with Gasteiger partial charge in [-0.15, -0.1) is 0 Å². The van der Waals surface area contributed by atoms with E-state index in [1.54, 1.807) is 18.2 Å². The number of hydroxylamine groups is 1. The summed E-state index contributed by atoms with van der Waals surface area (Å²) in [7, 11) is 0. The standard InChI is InChI=1S/C17H17FN4O4/c18-13-3-1-2-4-14(13)20-7-9-21(10-8-20)15-6-5-12(17(23)19-24)11-16(15)22(25)26/h1-6,11,24H,7-10H2,(H,19,23). The lowest BCUT2D eigenvalue weighted by Gasteiger charge is -2.37. The lowest BCUT2D eigenvalue weighted by molar-refractivity contribution is -0.384. The van der Waals surface area contributed by atoms with Crippen LogP contribution in [0.1, 0.15) is 10.4 Å². The number of piperazine rings is 1. The van der Waals surface area contributed by atoms with E-state index in [1.165, 1.54) is 23.7 Å². The summed E-state index contributed by atoms with van der Waals surface area (Å²) in [6, 6.07) is 10.5. The molecule has 9 heteroatoms. The highest BCUT2D eigenvalue weighted by Crippen LogP contribution is 2.31. The Morgan fingerprint density at radius 3 is 2.27 bits per heavy atom. The number of para-hydroxylation sites is 1. The molecule has 0 unspecified atom stereocenters. The van der Waals surface area contributed by atoms with Crippen LogP contribution in [0.4, 0.5) is 21.5 Å². The molecule has 0 spiro atoms. The van der Waals surface area contributed by atoms with Gasteiger partial charge in [-0.2, -0.15) is 0 Å². The molecule has 0 bridgehead atoms. The Morgan fingerprint density at radius 2 is 1.69 bits per heavy atom. The summed E-state index contributed by atoms with van der Waals surface area (Å²) in [6.45, 7) is 1.97. The van der Waals surface area contributed by atoms with Gasteiger partial charge in [0, 0.05) is 37.8 Å². The predicted molar refractivity (Wildman–Crippen MR) is 93.2 cm³/mol. The molecule has 0 atom stereocenters. The molecule has 0 saturated carbocycles. The maximum absolute atomic E-state index is 13.9. The summed E-state index contributed by atoms with van der Waals surface area (Å²) in [5.74, 6) is -1.12. The molecule has 1 aliphatic heterocycles. The van der Waals surface area contributed by atoms with Gasteiger partial charge in [-0.3, -0.25) is 20.1 Å². The van der Waals surface area contributed by atoms with Crippen molar-refractivity contribution in [2.45, 2.75) is 0 Å². The predicted octanol–water partition coefficient (Wildman–Crippen LogP) is 2.18. The summed E-state index contributed by atoms with van der Waals surface area (Å²) in [4.78, 5) is 26.0. The van der Waals surface area contributed by atoms with Gasteiger partial charge < -0.3 is 9.80 Å². The molecule has 2 N–H and O–H groups in total. The van der Waals surface area contributed by atoms with Gasteiger partial charge in [-0.05, 0) is 24.3 Å². The first kappa shape index (κ1) is 17.6. The van der Waals surface area contributed by atoms with Crippen LogP contribution in [0, 0.1) is 15.9 Å². The Labute approximate surface area is 148 Å². The fraction of sp³-hybridized carbons (Fsp3) is 0.235. The molecule has 136 valence electrons. The highest BCUT2D eigenvalue weighted by molar-refractivity contribution is 5.95. The van der Waals surface area contributed by atoms with Gasteiger partial charge in [0.15, 0.2) is 0 Å². The molecule has 26 heavy (non-hydrogen) atoms. The number of anilines is 2. The van der Waals surface area contributed by atoms with Crippen LogP contribution in [0.5, 0.6) is 0 Å². The fourth-order valence-electron chi connectivity index (χ4n) is 3.04. The van der Waals surface area contributed by atoms with Crippen molar-refractivity contribution in [2.75, 3.05) is 36.0 Å². The third-order valence-corrected chi connectivity index (χ3v) is 4.35. The Morgan fingerprint density at radius 1 is 1.08 bits per heavy atom. The first-order valence-electron chi connectivity index (χ1n) is 7.98. The molecule has 0 aliphatic carbocycles. The van der Waals surface area contributed by atoms with Gasteiger partial charge in [0.2, 0.25) is 0 Å².